The van der Waals surface area contributed by atoms with Crippen LogP contribution in [0.15, 0.2) is 54.9 Å². The molecule has 1 saturated heterocycles. The van der Waals surface area contributed by atoms with E-state index in [0.717, 1.165) is 50.4 Å². The quantitative estimate of drug-likeness (QED) is 0.222. The summed E-state index contributed by atoms with van der Waals surface area (Å²) < 4.78 is 43.3. The molecule has 0 saturated carbocycles. The van der Waals surface area contributed by atoms with E-state index in [9.17, 15) is 9.18 Å². The number of ketones is 1. The molecule has 0 amide bonds. The Balaban J connectivity index is 1.13. The number of carbonyl (C=O) groups is 1. The normalized spacial score (nSPS) is 14.9. The predicted molar refractivity (Wildman–Crippen MR) is 158 cm³/mol. The van der Waals surface area contributed by atoms with Gasteiger partial charge in [-0.2, -0.15) is 0 Å². The van der Waals surface area contributed by atoms with Crippen LogP contribution in [0.5, 0.6) is 28.9 Å². The standard InChI is InChI=1S/C33H34FN3O6/c1-22-17-24(5-8-27(22)34)19-25(38)18-23-3-6-26(7-4-23)43-33-30-28(35-21-36-33)20-29(31-32(30)42-16-15-41-31)40-12-2-9-37-10-13-39-14-11-37/h3-8,17,20-21H,2,9-16,18-19H2,1H3. The first kappa shape index (κ1) is 28.8. The topological polar surface area (TPSA) is 92.2 Å². The van der Waals surface area contributed by atoms with Crippen LogP contribution in [0.4, 0.5) is 4.39 Å². The van der Waals surface area contributed by atoms with E-state index >= 15 is 0 Å². The van der Waals surface area contributed by atoms with Crippen LogP contribution in [0, 0.1) is 12.7 Å². The van der Waals surface area contributed by atoms with E-state index in [0.29, 0.717) is 65.2 Å². The van der Waals surface area contributed by atoms with Gasteiger partial charge in [-0.1, -0.05) is 24.3 Å². The Morgan fingerprint density at radius 3 is 2.47 bits per heavy atom. The summed E-state index contributed by atoms with van der Waals surface area (Å²) in [4.78, 5) is 23.9. The Morgan fingerprint density at radius 2 is 1.67 bits per heavy atom. The molecule has 0 aliphatic carbocycles. The monoisotopic (exact) mass is 587 g/mol. The summed E-state index contributed by atoms with van der Waals surface area (Å²) in [5, 5.41) is 0.603. The molecular weight excluding hydrogens is 553 g/mol. The Morgan fingerprint density at radius 1 is 0.930 bits per heavy atom. The maximum Gasteiger partial charge on any atom is 0.234 e. The van der Waals surface area contributed by atoms with Crippen LogP contribution in [0.25, 0.3) is 10.9 Å². The number of rotatable bonds is 11. The van der Waals surface area contributed by atoms with Gasteiger partial charge in [-0.3, -0.25) is 9.69 Å². The molecule has 0 radical (unpaired) electrons. The fraction of sp³-hybridized carbons (Fsp3) is 0.364. The Kier molecular flexibility index (Phi) is 8.95. The molecule has 0 unspecified atom stereocenters. The van der Waals surface area contributed by atoms with Gasteiger partial charge in [-0.05, 0) is 48.2 Å². The van der Waals surface area contributed by atoms with Crippen molar-refractivity contribution in [1.29, 1.82) is 0 Å². The van der Waals surface area contributed by atoms with Crippen molar-refractivity contribution in [2.75, 3.05) is 52.7 Å². The van der Waals surface area contributed by atoms with Crippen molar-refractivity contribution < 1.29 is 32.9 Å². The van der Waals surface area contributed by atoms with Gasteiger partial charge in [0, 0.05) is 38.5 Å². The van der Waals surface area contributed by atoms with E-state index in [-0.39, 0.29) is 24.4 Å². The molecule has 10 heteroatoms. The van der Waals surface area contributed by atoms with E-state index in [4.69, 9.17) is 23.7 Å². The molecular formula is C33H34FN3O6. The summed E-state index contributed by atoms with van der Waals surface area (Å²) in [5.74, 6) is 2.27. The Labute approximate surface area is 249 Å². The molecule has 3 aromatic carbocycles. The van der Waals surface area contributed by atoms with E-state index in [1.165, 1.54) is 12.4 Å². The molecule has 6 rings (SSSR count). The second-order valence-corrected chi connectivity index (χ2v) is 10.7. The first-order valence-corrected chi connectivity index (χ1v) is 14.6. The minimum Gasteiger partial charge on any atom is -0.489 e. The molecule has 2 aliphatic rings. The molecule has 4 aromatic rings. The number of hydrogen-bond donors (Lipinski definition) is 0. The molecule has 43 heavy (non-hydrogen) atoms. The van der Waals surface area contributed by atoms with Crippen molar-refractivity contribution in [3.05, 3.63) is 77.4 Å². The first-order valence-electron chi connectivity index (χ1n) is 14.6. The number of ether oxygens (including phenoxy) is 5. The summed E-state index contributed by atoms with van der Waals surface area (Å²) in [5.41, 5.74) is 2.81. The number of hydrogen-bond acceptors (Lipinski definition) is 9. The van der Waals surface area contributed by atoms with Gasteiger partial charge in [-0.15, -0.1) is 0 Å². The summed E-state index contributed by atoms with van der Waals surface area (Å²) in [6, 6.07) is 13.9. The van der Waals surface area contributed by atoms with Gasteiger partial charge in [0.25, 0.3) is 0 Å². The van der Waals surface area contributed by atoms with Crippen LogP contribution in [-0.2, 0) is 22.4 Å². The minimum atomic E-state index is -0.272. The third-order valence-corrected chi connectivity index (χ3v) is 7.49. The van der Waals surface area contributed by atoms with Crippen LogP contribution in [0.2, 0.25) is 0 Å². The van der Waals surface area contributed by atoms with Gasteiger partial charge in [-0.25, -0.2) is 14.4 Å². The Hall–Kier alpha value is -4.28. The largest absolute Gasteiger partial charge is 0.489 e. The average molecular weight is 588 g/mol. The fourth-order valence-electron chi connectivity index (χ4n) is 5.28. The maximum absolute atomic E-state index is 13.5. The van der Waals surface area contributed by atoms with Gasteiger partial charge >= 0.3 is 0 Å². The van der Waals surface area contributed by atoms with Gasteiger partial charge in [0.15, 0.2) is 11.5 Å². The molecule has 0 atom stereocenters. The molecule has 0 bridgehead atoms. The van der Waals surface area contributed by atoms with Crippen LogP contribution >= 0.6 is 0 Å². The second-order valence-electron chi connectivity index (χ2n) is 10.7. The van der Waals surface area contributed by atoms with E-state index < -0.39 is 0 Å². The number of aryl methyl sites for hydroxylation is 1. The van der Waals surface area contributed by atoms with Crippen molar-refractivity contribution in [1.82, 2.24) is 14.9 Å². The number of aromatic nitrogens is 2. The van der Waals surface area contributed by atoms with Gasteiger partial charge in [0.2, 0.25) is 11.6 Å². The molecule has 1 aromatic heterocycles. The van der Waals surface area contributed by atoms with Crippen molar-refractivity contribution in [3.8, 4) is 28.9 Å². The zero-order valence-electron chi connectivity index (χ0n) is 24.1. The number of fused-ring (bicyclic) bond motifs is 3. The van der Waals surface area contributed by atoms with E-state index in [2.05, 4.69) is 14.9 Å². The number of halogens is 1. The molecule has 3 heterocycles. The molecule has 2 aliphatic heterocycles. The van der Waals surface area contributed by atoms with E-state index in [1.54, 1.807) is 31.2 Å². The third kappa shape index (κ3) is 7.03. The molecule has 0 spiro atoms. The van der Waals surface area contributed by atoms with Crippen molar-refractivity contribution in [3.63, 3.8) is 0 Å². The lowest BCUT2D eigenvalue weighted by Crippen LogP contribution is -2.37. The molecule has 1 fully saturated rings. The van der Waals surface area contributed by atoms with Crippen LogP contribution in [-0.4, -0.2) is 73.3 Å². The van der Waals surface area contributed by atoms with Crippen molar-refractivity contribution in [2.24, 2.45) is 0 Å². The van der Waals surface area contributed by atoms with E-state index in [1.807, 2.05) is 18.2 Å². The Bertz CT molecular complexity index is 1590. The zero-order valence-corrected chi connectivity index (χ0v) is 24.1. The molecule has 224 valence electrons. The summed E-state index contributed by atoms with van der Waals surface area (Å²) in [7, 11) is 0. The number of carbonyl (C=O) groups excluding carboxylic acids is 1. The number of benzene rings is 3. The highest BCUT2D eigenvalue weighted by molar-refractivity contribution is 5.94. The maximum atomic E-state index is 13.5. The third-order valence-electron chi connectivity index (χ3n) is 7.49. The fourth-order valence-corrected chi connectivity index (χ4v) is 5.28. The summed E-state index contributed by atoms with van der Waals surface area (Å²) >= 11 is 0. The summed E-state index contributed by atoms with van der Waals surface area (Å²) in [6.45, 7) is 7.40. The summed E-state index contributed by atoms with van der Waals surface area (Å²) in [6.07, 6.45) is 2.83. The van der Waals surface area contributed by atoms with Crippen LogP contribution < -0.4 is 18.9 Å². The second kappa shape index (κ2) is 13.4. The number of Topliss-reactive ketones (excluding diaryl/α,β-unsaturated/α-hetero) is 1. The average Bonchev–Trinajstić information content (AvgIpc) is 3.02. The van der Waals surface area contributed by atoms with Crippen LogP contribution in [0.3, 0.4) is 0 Å². The van der Waals surface area contributed by atoms with Crippen LogP contribution in [0.1, 0.15) is 23.1 Å². The lowest BCUT2D eigenvalue weighted by atomic mass is 10.0. The molecule has 9 nitrogen and oxygen atoms in total. The zero-order chi connectivity index (χ0) is 29.6. The lowest BCUT2D eigenvalue weighted by Gasteiger charge is -2.26. The lowest BCUT2D eigenvalue weighted by molar-refractivity contribution is -0.117. The smallest absolute Gasteiger partial charge is 0.234 e. The predicted octanol–water partition coefficient (Wildman–Crippen LogP) is 5.10. The van der Waals surface area contributed by atoms with Crippen molar-refractivity contribution >= 4 is 16.7 Å². The van der Waals surface area contributed by atoms with Gasteiger partial charge < -0.3 is 23.7 Å². The first-order chi connectivity index (χ1) is 21.0. The van der Waals surface area contributed by atoms with Gasteiger partial charge in [0.1, 0.15) is 42.3 Å². The highest BCUT2D eigenvalue weighted by atomic mass is 19.1. The number of nitrogens with zero attached hydrogens (tertiary/aromatic N) is 3. The minimum absolute atomic E-state index is 0.0457. The number of morpholine rings is 1. The highest BCUT2D eigenvalue weighted by Crippen LogP contribution is 2.47. The van der Waals surface area contributed by atoms with Crippen molar-refractivity contribution in [2.45, 2.75) is 26.2 Å². The SMILES string of the molecule is Cc1cc(CC(=O)Cc2ccc(Oc3ncnc4cc(OCCCN5CCOCC5)c5c(c34)OCCO5)cc2)ccc1F. The molecule has 0 N–H and O–H groups in total. The van der Waals surface area contributed by atoms with Gasteiger partial charge in [0.05, 0.1) is 25.3 Å². The highest BCUT2D eigenvalue weighted by Gasteiger charge is 2.25.